The summed E-state index contributed by atoms with van der Waals surface area (Å²) in [7, 11) is 2.89. The summed E-state index contributed by atoms with van der Waals surface area (Å²) in [6, 6.07) is 3.61. The molecule has 11 heteroatoms. The van der Waals surface area contributed by atoms with Crippen molar-refractivity contribution >= 4 is 23.8 Å². The maximum absolute atomic E-state index is 13.1. The third-order valence-electron chi connectivity index (χ3n) is 4.58. The predicted octanol–water partition coefficient (Wildman–Crippen LogP) is 0.628. The van der Waals surface area contributed by atoms with Gasteiger partial charge >= 0.3 is 17.9 Å². The molecule has 11 nitrogen and oxygen atoms in total. The van der Waals surface area contributed by atoms with Crippen molar-refractivity contribution in [2.75, 3.05) is 27.4 Å². The van der Waals surface area contributed by atoms with E-state index in [9.17, 15) is 19.2 Å². The van der Waals surface area contributed by atoms with Crippen LogP contribution in [0.3, 0.4) is 0 Å². The molecule has 0 radical (unpaired) electrons. The Morgan fingerprint density at radius 3 is 2.03 bits per heavy atom. The third kappa shape index (κ3) is 6.84. The van der Waals surface area contributed by atoms with Gasteiger partial charge in [0.05, 0.1) is 20.8 Å². The van der Waals surface area contributed by atoms with Crippen molar-refractivity contribution in [2.24, 2.45) is 0 Å². The van der Waals surface area contributed by atoms with Crippen molar-refractivity contribution < 1.29 is 47.6 Å². The summed E-state index contributed by atoms with van der Waals surface area (Å²) in [5.74, 6) is -1.60. The molecule has 1 N–H and O–H groups in total. The van der Waals surface area contributed by atoms with Crippen molar-refractivity contribution in [3.05, 3.63) is 23.8 Å². The maximum Gasteiger partial charge on any atom is 0.303 e. The van der Waals surface area contributed by atoms with Gasteiger partial charge in [-0.05, 0) is 12.1 Å². The maximum atomic E-state index is 13.1. The summed E-state index contributed by atoms with van der Waals surface area (Å²) in [5, 5.41) is 2.74. The minimum Gasteiger partial charge on any atom is -0.497 e. The molecule has 1 heterocycles. The van der Waals surface area contributed by atoms with E-state index < -0.39 is 48.2 Å². The number of carbonyl (C=O) groups excluding carboxylic acids is 4. The zero-order chi connectivity index (χ0) is 23.8. The Morgan fingerprint density at radius 2 is 1.53 bits per heavy atom. The molecule has 0 saturated carbocycles. The Labute approximate surface area is 185 Å². The van der Waals surface area contributed by atoms with Crippen LogP contribution < -0.4 is 14.8 Å². The molecule has 0 aliphatic carbocycles. The molecule has 0 bridgehead atoms. The van der Waals surface area contributed by atoms with Crippen molar-refractivity contribution in [3.8, 4) is 11.5 Å². The number of rotatable bonds is 8. The number of methoxy groups -OCH3 is 2. The van der Waals surface area contributed by atoms with E-state index in [1.807, 2.05) is 0 Å². The molecule has 1 fully saturated rings. The van der Waals surface area contributed by atoms with Gasteiger partial charge in [-0.1, -0.05) is 0 Å². The highest BCUT2D eigenvalue weighted by molar-refractivity contribution is 5.95. The zero-order valence-electron chi connectivity index (χ0n) is 18.5. The number of amides is 1. The Morgan fingerprint density at radius 1 is 0.938 bits per heavy atom. The number of ether oxygens (including phenoxy) is 6. The van der Waals surface area contributed by atoms with E-state index in [1.165, 1.54) is 47.1 Å². The smallest absolute Gasteiger partial charge is 0.303 e. The highest BCUT2D eigenvalue weighted by atomic mass is 16.6. The summed E-state index contributed by atoms with van der Waals surface area (Å²) in [4.78, 5) is 47.7. The number of nitrogens with one attached hydrogen (secondary N) is 1. The second kappa shape index (κ2) is 11.3. The highest BCUT2D eigenvalue weighted by Crippen LogP contribution is 2.25. The van der Waals surface area contributed by atoms with Crippen LogP contribution in [0.1, 0.15) is 31.1 Å². The van der Waals surface area contributed by atoms with Crippen LogP contribution in [0.5, 0.6) is 11.5 Å². The van der Waals surface area contributed by atoms with Crippen LogP contribution in [-0.2, 0) is 33.3 Å². The van der Waals surface area contributed by atoms with Gasteiger partial charge in [-0.15, -0.1) is 0 Å². The van der Waals surface area contributed by atoms with Crippen molar-refractivity contribution in [1.82, 2.24) is 5.32 Å². The molecule has 0 spiro atoms. The van der Waals surface area contributed by atoms with E-state index in [4.69, 9.17) is 28.4 Å². The third-order valence-corrected chi connectivity index (χ3v) is 4.58. The lowest BCUT2D eigenvalue weighted by molar-refractivity contribution is -0.197. The lowest BCUT2D eigenvalue weighted by Gasteiger charge is -2.41. The van der Waals surface area contributed by atoms with Crippen molar-refractivity contribution in [2.45, 2.75) is 45.1 Å². The topological polar surface area (TPSA) is 136 Å². The first kappa shape index (κ1) is 24.9. The Balaban J connectivity index is 2.36. The van der Waals surface area contributed by atoms with Crippen molar-refractivity contribution in [1.29, 1.82) is 0 Å². The largest absolute Gasteiger partial charge is 0.497 e. The first-order chi connectivity index (χ1) is 15.1. The molecule has 0 aromatic heterocycles. The van der Waals surface area contributed by atoms with Crippen LogP contribution in [0.4, 0.5) is 0 Å². The van der Waals surface area contributed by atoms with Gasteiger partial charge in [-0.3, -0.25) is 19.2 Å². The van der Waals surface area contributed by atoms with E-state index >= 15 is 0 Å². The molecule has 2 rings (SSSR count). The number of hydrogen-bond donors (Lipinski definition) is 1. The van der Waals surface area contributed by atoms with Gasteiger partial charge in [-0.25, -0.2) is 0 Å². The van der Waals surface area contributed by atoms with E-state index in [-0.39, 0.29) is 18.8 Å². The first-order valence-corrected chi connectivity index (χ1v) is 9.78. The lowest BCUT2D eigenvalue weighted by atomic mass is 9.96. The van der Waals surface area contributed by atoms with E-state index in [1.54, 1.807) is 6.07 Å². The molecular weight excluding hydrogens is 426 g/mol. The Bertz CT molecular complexity index is 833. The van der Waals surface area contributed by atoms with Crippen LogP contribution in [-0.4, -0.2) is 75.6 Å². The average molecular weight is 453 g/mol. The molecule has 176 valence electrons. The van der Waals surface area contributed by atoms with Gasteiger partial charge < -0.3 is 33.7 Å². The fourth-order valence-corrected chi connectivity index (χ4v) is 3.21. The lowest BCUT2D eigenvalue weighted by Crippen LogP contribution is -2.63. The van der Waals surface area contributed by atoms with Gasteiger partial charge in [0.1, 0.15) is 36.4 Å². The number of esters is 3. The van der Waals surface area contributed by atoms with Crippen LogP contribution in [0.15, 0.2) is 18.2 Å². The fourth-order valence-electron chi connectivity index (χ4n) is 3.21. The van der Waals surface area contributed by atoms with E-state index in [0.717, 1.165) is 0 Å². The Hall–Kier alpha value is -3.34. The Kier molecular flexibility index (Phi) is 8.82. The molecule has 32 heavy (non-hydrogen) atoms. The van der Waals surface area contributed by atoms with E-state index in [0.29, 0.717) is 11.5 Å². The predicted molar refractivity (Wildman–Crippen MR) is 108 cm³/mol. The van der Waals surface area contributed by atoms with Crippen LogP contribution in [0.25, 0.3) is 0 Å². The molecule has 1 aromatic rings. The molecule has 4 atom stereocenters. The molecule has 1 aliphatic rings. The first-order valence-electron chi connectivity index (χ1n) is 9.78. The van der Waals surface area contributed by atoms with E-state index in [2.05, 4.69) is 5.32 Å². The van der Waals surface area contributed by atoms with Crippen molar-refractivity contribution in [3.63, 3.8) is 0 Å². The van der Waals surface area contributed by atoms with Gasteiger partial charge in [0.25, 0.3) is 5.91 Å². The molecule has 1 aromatic carbocycles. The number of carbonyl (C=O) groups is 4. The SMILES string of the molecule is COc1cc(OC)cc(C(=O)N[C@H]2[C@@H](OC(C)=O)[C@@H](COC(C)=O)OC[C@@H]2OC(C)=O)c1. The standard InChI is InChI=1S/C21H27NO10/c1-11(23)29-10-18-20(32-13(3)25)19(17(9-30-18)31-12(2)24)22-21(26)14-6-15(27-4)8-16(7-14)28-5/h6-8,17-20H,9-10H2,1-5H3,(H,22,26)/t17-,18+,19+,20-/m0/s1. The minimum atomic E-state index is -1.10. The number of hydrogen-bond acceptors (Lipinski definition) is 10. The molecule has 0 unspecified atom stereocenters. The highest BCUT2D eigenvalue weighted by Gasteiger charge is 2.45. The van der Waals surface area contributed by atoms with Gasteiger partial charge in [0.2, 0.25) is 0 Å². The zero-order valence-corrected chi connectivity index (χ0v) is 18.5. The quantitative estimate of drug-likeness (QED) is 0.441. The molecule has 1 aliphatic heterocycles. The summed E-state index contributed by atoms with van der Waals surface area (Å²) >= 11 is 0. The normalized spacial score (nSPS) is 22.3. The monoisotopic (exact) mass is 453 g/mol. The second-order valence-electron chi connectivity index (χ2n) is 7.00. The number of benzene rings is 1. The van der Waals surface area contributed by atoms with Gasteiger partial charge in [0.15, 0.2) is 6.10 Å². The minimum absolute atomic E-state index is 0.115. The molecule has 1 amide bonds. The molecule has 1 saturated heterocycles. The molecular formula is C21H27NO10. The second-order valence-corrected chi connectivity index (χ2v) is 7.00. The van der Waals surface area contributed by atoms with Crippen LogP contribution in [0, 0.1) is 0 Å². The van der Waals surface area contributed by atoms with Gasteiger partial charge in [-0.2, -0.15) is 0 Å². The summed E-state index contributed by atoms with van der Waals surface area (Å²) in [6.07, 6.45) is -2.94. The van der Waals surface area contributed by atoms with Crippen LogP contribution in [0.2, 0.25) is 0 Å². The summed E-state index contributed by atoms with van der Waals surface area (Å²) in [5.41, 5.74) is 0.201. The average Bonchev–Trinajstić information content (AvgIpc) is 2.73. The summed E-state index contributed by atoms with van der Waals surface area (Å²) < 4.78 is 31.7. The fraction of sp³-hybridized carbons (Fsp3) is 0.524. The summed E-state index contributed by atoms with van der Waals surface area (Å²) in [6.45, 7) is 3.28. The van der Waals surface area contributed by atoms with Gasteiger partial charge in [0, 0.05) is 32.4 Å². The van der Waals surface area contributed by atoms with Crippen LogP contribution >= 0.6 is 0 Å².